The van der Waals surface area contributed by atoms with E-state index in [1.54, 1.807) is 6.07 Å². The zero-order valence-corrected chi connectivity index (χ0v) is 12.9. The van der Waals surface area contributed by atoms with Crippen molar-refractivity contribution in [2.45, 2.75) is 25.8 Å². The minimum Gasteiger partial charge on any atom is -0.369 e. The number of aromatic nitrogens is 1. The third kappa shape index (κ3) is 3.88. The van der Waals surface area contributed by atoms with Crippen molar-refractivity contribution in [2.75, 3.05) is 37.3 Å². The molecule has 1 aromatic heterocycles. The molecule has 2 rings (SSSR count). The maximum Gasteiger partial charge on any atom is 0.147 e. The Balaban J connectivity index is 2.12. The molecule has 1 fully saturated rings. The van der Waals surface area contributed by atoms with Crippen molar-refractivity contribution in [3.8, 4) is 0 Å². The highest BCUT2D eigenvalue weighted by atomic mass is 35.5. The predicted octanol–water partition coefficient (Wildman–Crippen LogP) is 3.33. The molecule has 1 aliphatic rings. The predicted molar refractivity (Wildman–Crippen MR) is 82.6 cm³/mol. The van der Waals surface area contributed by atoms with E-state index in [9.17, 15) is 0 Å². The number of halogens is 2. The van der Waals surface area contributed by atoms with Gasteiger partial charge in [-0.15, -0.1) is 0 Å². The summed E-state index contributed by atoms with van der Waals surface area (Å²) < 4.78 is 0. The molecule has 4 nitrogen and oxygen atoms in total. The molecular formula is C13H20Cl2N4. The van der Waals surface area contributed by atoms with Gasteiger partial charge in [-0.25, -0.2) is 4.98 Å². The van der Waals surface area contributed by atoms with Gasteiger partial charge in [0.2, 0.25) is 0 Å². The highest BCUT2D eigenvalue weighted by molar-refractivity contribution is 6.37. The molecule has 6 heteroatoms. The van der Waals surface area contributed by atoms with E-state index in [1.165, 1.54) is 6.42 Å². The van der Waals surface area contributed by atoms with E-state index >= 15 is 0 Å². The molecule has 0 bridgehead atoms. The number of likely N-dealkylation sites (N-methyl/N-ethyl adjacent to an activating group) is 1. The van der Waals surface area contributed by atoms with Crippen LogP contribution in [0.5, 0.6) is 0 Å². The van der Waals surface area contributed by atoms with E-state index in [1.807, 2.05) is 6.92 Å². The molecule has 0 radical (unpaired) electrons. The SMILES string of the molecule is CCNc1nc(NC2CCCN(C)C2)c(Cl)cc1Cl. The number of nitrogens with one attached hydrogen (secondary N) is 2. The highest BCUT2D eigenvalue weighted by Crippen LogP contribution is 2.30. The first-order valence-corrected chi connectivity index (χ1v) is 7.40. The number of rotatable bonds is 4. The molecule has 0 spiro atoms. The zero-order chi connectivity index (χ0) is 13.8. The van der Waals surface area contributed by atoms with Gasteiger partial charge in [-0.3, -0.25) is 0 Å². The summed E-state index contributed by atoms with van der Waals surface area (Å²) in [7, 11) is 2.13. The van der Waals surface area contributed by atoms with Gasteiger partial charge < -0.3 is 15.5 Å². The molecule has 1 saturated heterocycles. The smallest absolute Gasteiger partial charge is 0.147 e. The quantitative estimate of drug-likeness (QED) is 0.895. The minimum atomic E-state index is 0.388. The summed E-state index contributed by atoms with van der Waals surface area (Å²) in [6.07, 6.45) is 2.33. The summed E-state index contributed by atoms with van der Waals surface area (Å²) >= 11 is 12.3. The van der Waals surface area contributed by atoms with Crippen molar-refractivity contribution in [3.05, 3.63) is 16.1 Å². The number of hydrogen-bond donors (Lipinski definition) is 2. The fourth-order valence-corrected chi connectivity index (χ4v) is 2.82. The van der Waals surface area contributed by atoms with Crippen LogP contribution in [0.2, 0.25) is 10.0 Å². The number of hydrogen-bond acceptors (Lipinski definition) is 4. The van der Waals surface area contributed by atoms with Crippen molar-refractivity contribution >= 4 is 34.8 Å². The van der Waals surface area contributed by atoms with Crippen LogP contribution in [-0.2, 0) is 0 Å². The molecule has 1 atom stereocenters. The van der Waals surface area contributed by atoms with Gasteiger partial charge in [0.1, 0.15) is 11.6 Å². The Labute approximate surface area is 124 Å². The Bertz CT molecular complexity index is 439. The van der Waals surface area contributed by atoms with E-state index in [0.29, 0.717) is 27.7 Å². The molecular weight excluding hydrogens is 283 g/mol. The van der Waals surface area contributed by atoms with E-state index < -0.39 is 0 Å². The standard InChI is InChI=1S/C13H20Cl2N4/c1-3-16-12-10(14)7-11(15)13(18-12)17-9-5-4-6-19(2)8-9/h7,9H,3-6,8H2,1-2H3,(H2,16,17,18). The lowest BCUT2D eigenvalue weighted by molar-refractivity contribution is 0.261. The summed E-state index contributed by atoms with van der Waals surface area (Å²) in [5, 5.41) is 7.68. The van der Waals surface area contributed by atoms with Gasteiger partial charge in [0.25, 0.3) is 0 Å². The van der Waals surface area contributed by atoms with E-state index in [-0.39, 0.29) is 0 Å². The largest absolute Gasteiger partial charge is 0.369 e. The van der Waals surface area contributed by atoms with E-state index in [2.05, 4.69) is 27.6 Å². The monoisotopic (exact) mass is 302 g/mol. The van der Waals surface area contributed by atoms with Gasteiger partial charge in [-0.2, -0.15) is 0 Å². The molecule has 106 valence electrons. The van der Waals surface area contributed by atoms with Crippen molar-refractivity contribution in [2.24, 2.45) is 0 Å². The van der Waals surface area contributed by atoms with Crippen molar-refractivity contribution in [3.63, 3.8) is 0 Å². The van der Waals surface area contributed by atoms with Crippen LogP contribution in [0.1, 0.15) is 19.8 Å². The molecule has 0 amide bonds. The molecule has 1 unspecified atom stereocenters. The van der Waals surface area contributed by atoms with Crippen molar-refractivity contribution in [1.82, 2.24) is 9.88 Å². The average Bonchev–Trinajstić information content (AvgIpc) is 2.35. The first-order chi connectivity index (χ1) is 9.10. The first kappa shape index (κ1) is 14.7. The fraction of sp³-hybridized carbons (Fsp3) is 0.615. The molecule has 2 heterocycles. The van der Waals surface area contributed by atoms with Crippen LogP contribution >= 0.6 is 23.2 Å². The van der Waals surface area contributed by atoms with Crippen LogP contribution in [0.4, 0.5) is 11.6 Å². The van der Waals surface area contributed by atoms with Crippen molar-refractivity contribution < 1.29 is 0 Å². The summed E-state index contributed by atoms with van der Waals surface area (Å²) in [5.41, 5.74) is 0. The number of nitrogens with zero attached hydrogens (tertiary/aromatic N) is 2. The molecule has 0 aromatic carbocycles. The summed E-state index contributed by atoms with van der Waals surface area (Å²) in [6.45, 7) is 4.95. The first-order valence-electron chi connectivity index (χ1n) is 6.65. The van der Waals surface area contributed by atoms with E-state index in [0.717, 1.165) is 26.1 Å². The number of piperidine rings is 1. The molecule has 2 N–H and O–H groups in total. The van der Waals surface area contributed by atoms with Crippen LogP contribution in [-0.4, -0.2) is 42.6 Å². The van der Waals surface area contributed by atoms with Crippen LogP contribution in [0.25, 0.3) is 0 Å². The van der Waals surface area contributed by atoms with Gasteiger partial charge in [-0.1, -0.05) is 23.2 Å². The summed E-state index contributed by atoms with van der Waals surface area (Å²) in [5.74, 6) is 1.39. The Hall–Kier alpha value is -0.710. The van der Waals surface area contributed by atoms with Gasteiger partial charge in [-0.05, 0) is 39.4 Å². The normalized spacial score (nSPS) is 20.3. The van der Waals surface area contributed by atoms with Crippen LogP contribution < -0.4 is 10.6 Å². The topological polar surface area (TPSA) is 40.2 Å². The molecule has 19 heavy (non-hydrogen) atoms. The molecule has 0 saturated carbocycles. The maximum atomic E-state index is 6.21. The number of anilines is 2. The second-order valence-electron chi connectivity index (χ2n) is 4.93. The fourth-order valence-electron chi connectivity index (χ4n) is 2.34. The molecule has 1 aliphatic heterocycles. The lowest BCUT2D eigenvalue weighted by atomic mass is 10.1. The molecule has 0 aliphatic carbocycles. The summed E-state index contributed by atoms with van der Waals surface area (Å²) in [4.78, 5) is 6.79. The zero-order valence-electron chi connectivity index (χ0n) is 11.3. The lowest BCUT2D eigenvalue weighted by Gasteiger charge is -2.30. The maximum absolute atomic E-state index is 6.21. The second-order valence-corrected chi connectivity index (χ2v) is 5.74. The summed E-state index contributed by atoms with van der Waals surface area (Å²) in [6, 6.07) is 2.13. The highest BCUT2D eigenvalue weighted by Gasteiger charge is 2.19. The Morgan fingerprint density at radius 2 is 2.11 bits per heavy atom. The van der Waals surface area contributed by atoms with Gasteiger partial charge in [0.05, 0.1) is 10.0 Å². The van der Waals surface area contributed by atoms with Gasteiger partial charge in [0, 0.05) is 19.1 Å². The number of likely N-dealkylation sites (tertiary alicyclic amines) is 1. The average molecular weight is 303 g/mol. The van der Waals surface area contributed by atoms with Crippen LogP contribution in [0.15, 0.2) is 6.07 Å². The number of pyridine rings is 1. The Morgan fingerprint density at radius 3 is 2.79 bits per heavy atom. The third-order valence-electron chi connectivity index (χ3n) is 3.24. The van der Waals surface area contributed by atoms with Gasteiger partial charge in [0.15, 0.2) is 0 Å². The minimum absolute atomic E-state index is 0.388. The lowest BCUT2D eigenvalue weighted by Crippen LogP contribution is -2.40. The molecule has 1 aromatic rings. The van der Waals surface area contributed by atoms with Crippen molar-refractivity contribution in [1.29, 1.82) is 0 Å². The van der Waals surface area contributed by atoms with Crippen LogP contribution in [0, 0.1) is 0 Å². The Morgan fingerprint density at radius 1 is 1.37 bits per heavy atom. The third-order valence-corrected chi connectivity index (χ3v) is 3.82. The van der Waals surface area contributed by atoms with E-state index in [4.69, 9.17) is 23.2 Å². The van der Waals surface area contributed by atoms with Gasteiger partial charge >= 0.3 is 0 Å². The Kier molecular flexibility index (Phi) is 5.13. The second kappa shape index (κ2) is 6.64. The van der Waals surface area contributed by atoms with Crippen LogP contribution in [0.3, 0.4) is 0 Å².